The third-order valence-corrected chi connectivity index (χ3v) is 4.59. The number of hydrogen-bond donors (Lipinski definition) is 4. The number of nitrogens with zero attached hydrogens (tertiary/aromatic N) is 1. The number of aldehydes is 1. The number of aromatic nitrogens is 2. The van der Waals surface area contributed by atoms with Crippen molar-refractivity contribution >= 4 is 24.2 Å². The van der Waals surface area contributed by atoms with Crippen LogP contribution in [0.4, 0.5) is 4.79 Å². The van der Waals surface area contributed by atoms with Crippen molar-refractivity contribution in [3.05, 3.63) is 28.4 Å². The Balaban J connectivity index is 1.92. The summed E-state index contributed by atoms with van der Waals surface area (Å²) in [6, 6.07) is -0.567. The standard InChI is InChI=1S/C19H27N5O6/c1-11(2)5-15(24-19(29)30-9-14-7-16(26)22-10-21-14)18(28)23-13(8-25)6-12-3-4-20-17(12)27/h7-8,10-13,15H,3-6,9H2,1-2H3,(H,20,27)(H,23,28)(H,24,29)(H,21,22,26)/t12-,13-,15-/m0/s1. The van der Waals surface area contributed by atoms with Gasteiger partial charge < -0.3 is 30.5 Å². The normalized spacial score (nSPS) is 17.7. The van der Waals surface area contributed by atoms with Gasteiger partial charge in [-0.25, -0.2) is 9.78 Å². The molecule has 1 fully saturated rings. The molecule has 1 aromatic rings. The van der Waals surface area contributed by atoms with Crippen LogP contribution in [0.25, 0.3) is 0 Å². The van der Waals surface area contributed by atoms with E-state index in [0.717, 1.165) is 0 Å². The summed E-state index contributed by atoms with van der Waals surface area (Å²) in [7, 11) is 0. The lowest BCUT2D eigenvalue weighted by Gasteiger charge is -2.22. The zero-order valence-corrected chi connectivity index (χ0v) is 17.0. The van der Waals surface area contributed by atoms with Crippen LogP contribution in [0.5, 0.6) is 0 Å². The summed E-state index contributed by atoms with van der Waals surface area (Å²) in [5.41, 5.74) is -0.119. The van der Waals surface area contributed by atoms with Gasteiger partial charge in [0, 0.05) is 18.5 Å². The Morgan fingerprint density at radius 2 is 2.10 bits per heavy atom. The molecule has 11 heteroatoms. The number of H-pyrrole nitrogens is 1. The second-order valence-corrected chi connectivity index (χ2v) is 7.57. The molecule has 0 spiro atoms. The molecule has 1 aliphatic rings. The van der Waals surface area contributed by atoms with E-state index >= 15 is 0 Å². The van der Waals surface area contributed by atoms with Gasteiger partial charge in [0.25, 0.3) is 5.56 Å². The molecule has 0 aromatic carbocycles. The maximum atomic E-state index is 12.7. The Bertz CT molecular complexity index is 824. The second kappa shape index (κ2) is 11.1. The average molecular weight is 421 g/mol. The fourth-order valence-electron chi connectivity index (χ4n) is 3.12. The number of ether oxygens (including phenoxy) is 1. The van der Waals surface area contributed by atoms with Crippen LogP contribution in [0.3, 0.4) is 0 Å². The summed E-state index contributed by atoms with van der Waals surface area (Å²) in [5.74, 6) is -0.926. The van der Waals surface area contributed by atoms with Gasteiger partial charge >= 0.3 is 6.09 Å². The third-order valence-electron chi connectivity index (χ3n) is 4.59. The van der Waals surface area contributed by atoms with Crippen LogP contribution in [0.2, 0.25) is 0 Å². The lowest BCUT2D eigenvalue weighted by molar-refractivity contribution is -0.127. The lowest BCUT2D eigenvalue weighted by atomic mass is 9.98. The maximum Gasteiger partial charge on any atom is 0.408 e. The number of rotatable bonds is 10. The first-order valence-corrected chi connectivity index (χ1v) is 9.78. The predicted octanol–water partition coefficient (Wildman–Crippen LogP) is -0.379. The molecule has 2 heterocycles. The summed E-state index contributed by atoms with van der Waals surface area (Å²) in [6.07, 6.45) is 2.06. The molecule has 3 atom stereocenters. The lowest BCUT2D eigenvalue weighted by Crippen LogP contribution is -2.51. The van der Waals surface area contributed by atoms with E-state index in [9.17, 15) is 24.0 Å². The molecule has 1 aliphatic heterocycles. The SMILES string of the molecule is CC(C)C[C@H](NC(=O)OCc1cc(=O)[nH]cn1)C(=O)N[C@H](C=O)C[C@@H]1CCNC1=O. The Morgan fingerprint density at radius 1 is 1.33 bits per heavy atom. The number of nitrogens with one attached hydrogen (secondary N) is 4. The van der Waals surface area contributed by atoms with Crippen molar-refractivity contribution in [3.8, 4) is 0 Å². The van der Waals surface area contributed by atoms with Crippen LogP contribution in [0.1, 0.15) is 38.8 Å². The van der Waals surface area contributed by atoms with E-state index in [1.54, 1.807) is 0 Å². The highest BCUT2D eigenvalue weighted by Crippen LogP contribution is 2.16. The molecule has 11 nitrogen and oxygen atoms in total. The Labute approximate surface area is 173 Å². The maximum absolute atomic E-state index is 12.7. The molecule has 0 aliphatic carbocycles. The number of amides is 3. The summed E-state index contributed by atoms with van der Waals surface area (Å²) in [4.78, 5) is 65.3. The molecule has 1 saturated heterocycles. The Hall–Kier alpha value is -3.24. The fourth-order valence-corrected chi connectivity index (χ4v) is 3.12. The number of carbonyl (C=O) groups excluding carboxylic acids is 4. The Kier molecular flexibility index (Phi) is 8.51. The summed E-state index contributed by atoms with van der Waals surface area (Å²) < 4.78 is 5.03. The van der Waals surface area contributed by atoms with Crippen LogP contribution >= 0.6 is 0 Å². The van der Waals surface area contributed by atoms with Crippen molar-refractivity contribution in [3.63, 3.8) is 0 Å². The van der Waals surface area contributed by atoms with Gasteiger partial charge in [-0.3, -0.25) is 14.4 Å². The van der Waals surface area contributed by atoms with Gasteiger partial charge in [-0.15, -0.1) is 0 Å². The van der Waals surface area contributed by atoms with Crippen LogP contribution in [0, 0.1) is 11.8 Å². The molecule has 0 radical (unpaired) electrons. The van der Waals surface area contributed by atoms with Gasteiger partial charge in [0.1, 0.15) is 18.9 Å². The van der Waals surface area contributed by atoms with Crippen molar-refractivity contribution in [1.29, 1.82) is 0 Å². The van der Waals surface area contributed by atoms with Crippen molar-refractivity contribution in [2.24, 2.45) is 11.8 Å². The predicted molar refractivity (Wildman–Crippen MR) is 105 cm³/mol. The van der Waals surface area contributed by atoms with Gasteiger partial charge in [0.2, 0.25) is 11.8 Å². The van der Waals surface area contributed by atoms with E-state index < -0.39 is 24.1 Å². The minimum Gasteiger partial charge on any atom is -0.443 e. The highest BCUT2D eigenvalue weighted by atomic mass is 16.5. The number of aromatic amines is 1. The number of carbonyl (C=O) groups is 4. The average Bonchev–Trinajstić information content (AvgIpc) is 3.09. The van der Waals surface area contributed by atoms with Gasteiger partial charge in [-0.1, -0.05) is 13.8 Å². The van der Waals surface area contributed by atoms with Crippen molar-refractivity contribution in [2.45, 2.75) is 51.8 Å². The van der Waals surface area contributed by atoms with Crippen LogP contribution in [-0.2, 0) is 25.7 Å². The monoisotopic (exact) mass is 421 g/mol. The molecule has 2 rings (SSSR count). The van der Waals surface area contributed by atoms with Crippen LogP contribution in [-0.4, -0.2) is 52.8 Å². The number of alkyl carbamates (subject to hydrolysis) is 1. The molecule has 1 aromatic heterocycles. The van der Waals surface area contributed by atoms with E-state index in [4.69, 9.17) is 4.74 Å². The first kappa shape index (κ1) is 23.0. The van der Waals surface area contributed by atoms with Crippen LogP contribution < -0.4 is 21.5 Å². The van der Waals surface area contributed by atoms with Crippen molar-refractivity contribution < 1.29 is 23.9 Å². The minimum absolute atomic E-state index is 0.0747. The largest absolute Gasteiger partial charge is 0.443 e. The molecule has 3 amide bonds. The van der Waals surface area contributed by atoms with Gasteiger partial charge in [0.05, 0.1) is 18.1 Å². The van der Waals surface area contributed by atoms with E-state index in [1.807, 2.05) is 13.8 Å². The molecular formula is C19H27N5O6. The fraction of sp³-hybridized carbons (Fsp3) is 0.579. The smallest absolute Gasteiger partial charge is 0.408 e. The zero-order chi connectivity index (χ0) is 22.1. The van der Waals surface area contributed by atoms with Gasteiger partial charge in [-0.2, -0.15) is 0 Å². The van der Waals surface area contributed by atoms with Gasteiger partial charge in [0.15, 0.2) is 0 Å². The highest BCUT2D eigenvalue weighted by Gasteiger charge is 2.30. The van der Waals surface area contributed by atoms with E-state index in [-0.39, 0.29) is 42.0 Å². The van der Waals surface area contributed by atoms with Crippen LogP contribution in [0.15, 0.2) is 17.2 Å². The van der Waals surface area contributed by atoms with E-state index in [1.165, 1.54) is 12.4 Å². The first-order chi connectivity index (χ1) is 14.3. The third kappa shape index (κ3) is 7.30. The summed E-state index contributed by atoms with van der Waals surface area (Å²) in [5, 5.41) is 7.76. The zero-order valence-electron chi connectivity index (χ0n) is 17.0. The van der Waals surface area contributed by atoms with Gasteiger partial charge in [-0.05, 0) is 25.2 Å². The molecule has 0 saturated carbocycles. The molecular weight excluding hydrogens is 394 g/mol. The molecule has 4 N–H and O–H groups in total. The quantitative estimate of drug-likeness (QED) is 0.375. The topological polar surface area (TPSA) is 159 Å². The molecule has 30 heavy (non-hydrogen) atoms. The van der Waals surface area contributed by atoms with E-state index in [0.29, 0.717) is 25.7 Å². The highest BCUT2D eigenvalue weighted by molar-refractivity contribution is 5.88. The number of hydrogen-bond acceptors (Lipinski definition) is 7. The first-order valence-electron chi connectivity index (χ1n) is 9.78. The Morgan fingerprint density at radius 3 is 2.70 bits per heavy atom. The van der Waals surface area contributed by atoms with E-state index in [2.05, 4.69) is 25.9 Å². The summed E-state index contributed by atoms with van der Waals surface area (Å²) >= 11 is 0. The summed E-state index contributed by atoms with van der Waals surface area (Å²) in [6.45, 7) is 4.08. The molecule has 0 bridgehead atoms. The minimum atomic E-state index is -0.926. The van der Waals surface area contributed by atoms with Crippen molar-refractivity contribution in [2.75, 3.05) is 6.54 Å². The second-order valence-electron chi connectivity index (χ2n) is 7.57. The molecule has 164 valence electrons. The van der Waals surface area contributed by atoms with Crippen molar-refractivity contribution in [1.82, 2.24) is 25.9 Å². The molecule has 0 unspecified atom stereocenters.